The molecule has 1 aliphatic rings. The molecule has 0 unspecified atom stereocenters. The monoisotopic (exact) mass is 370 g/mol. The third-order valence-electron chi connectivity index (χ3n) is 3.27. The molecule has 0 spiro atoms. The van der Waals surface area contributed by atoms with E-state index in [9.17, 15) is 14.9 Å². The number of halogens is 2. The standard InChI is InChI=1S/C15H12Cl2N2O3S/c1-22-13(21)7-23-15-10(6-18)9(5-12(20)19-15)8-3-2-4-11(16)14(8)17/h2-4,9H,5,7H2,1H3,(H,19,20)/t9-/m1/s1. The summed E-state index contributed by atoms with van der Waals surface area (Å²) < 4.78 is 4.57. The fraction of sp³-hybridized carbons (Fsp3) is 0.267. The molecule has 1 N–H and O–H groups in total. The maximum atomic E-state index is 12.0. The van der Waals surface area contributed by atoms with Gasteiger partial charge in [-0.1, -0.05) is 47.1 Å². The van der Waals surface area contributed by atoms with E-state index in [1.165, 1.54) is 7.11 Å². The number of amides is 1. The predicted molar refractivity (Wildman–Crippen MR) is 89.1 cm³/mol. The Morgan fingerprint density at radius 2 is 2.26 bits per heavy atom. The molecule has 0 aliphatic carbocycles. The van der Waals surface area contributed by atoms with Crippen molar-refractivity contribution in [3.05, 3.63) is 44.4 Å². The molecule has 120 valence electrons. The molecule has 0 saturated heterocycles. The van der Waals surface area contributed by atoms with Crippen LogP contribution in [0.15, 0.2) is 28.8 Å². The Labute approximate surface area is 147 Å². The summed E-state index contributed by atoms with van der Waals surface area (Å²) in [7, 11) is 1.27. The van der Waals surface area contributed by atoms with Crippen molar-refractivity contribution in [2.45, 2.75) is 12.3 Å². The van der Waals surface area contributed by atoms with Gasteiger partial charge in [0.1, 0.15) is 0 Å². The molecule has 1 atom stereocenters. The highest BCUT2D eigenvalue weighted by Crippen LogP contribution is 2.40. The molecule has 0 radical (unpaired) electrons. The summed E-state index contributed by atoms with van der Waals surface area (Å²) in [5.41, 5.74) is 0.962. The number of nitrogens with one attached hydrogen (secondary N) is 1. The Bertz CT molecular complexity index is 728. The summed E-state index contributed by atoms with van der Waals surface area (Å²) in [6.07, 6.45) is 0.0885. The summed E-state index contributed by atoms with van der Waals surface area (Å²) in [4.78, 5) is 23.3. The predicted octanol–water partition coefficient (Wildman–Crippen LogP) is 3.24. The van der Waals surface area contributed by atoms with Gasteiger partial charge in [0.05, 0.1) is 39.6 Å². The van der Waals surface area contributed by atoms with E-state index >= 15 is 0 Å². The Morgan fingerprint density at radius 3 is 2.91 bits per heavy atom. The number of ether oxygens (including phenoxy) is 1. The molecule has 2 rings (SSSR count). The number of benzene rings is 1. The minimum Gasteiger partial charge on any atom is -0.468 e. The lowest BCUT2D eigenvalue weighted by molar-refractivity contribution is -0.137. The van der Waals surface area contributed by atoms with Crippen LogP contribution in [0.4, 0.5) is 0 Å². The summed E-state index contributed by atoms with van der Waals surface area (Å²) in [5, 5.41) is 13.1. The van der Waals surface area contributed by atoms with E-state index in [0.29, 0.717) is 26.2 Å². The summed E-state index contributed by atoms with van der Waals surface area (Å²) >= 11 is 13.3. The van der Waals surface area contributed by atoms with Crippen LogP contribution in [0.3, 0.4) is 0 Å². The lowest BCUT2D eigenvalue weighted by Gasteiger charge is -2.25. The Kier molecular flexibility index (Phi) is 5.94. The normalized spacial score (nSPS) is 17.5. The van der Waals surface area contributed by atoms with Gasteiger partial charge in [0, 0.05) is 12.3 Å². The first-order valence-corrected chi connectivity index (χ1v) is 8.29. The zero-order valence-corrected chi connectivity index (χ0v) is 14.4. The number of methoxy groups -OCH3 is 1. The van der Waals surface area contributed by atoms with Gasteiger partial charge in [-0.3, -0.25) is 9.59 Å². The molecule has 0 saturated carbocycles. The van der Waals surface area contributed by atoms with Crippen molar-refractivity contribution in [1.82, 2.24) is 5.32 Å². The first-order valence-electron chi connectivity index (χ1n) is 6.55. The topological polar surface area (TPSA) is 79.2 Å². The van der Waals surface area contributed by atoms with E-state index in [0.717, 1.165) is 11.8 Å². The highest BCUT2D eigenvalue weighted by Gasteiger charge is 2.31. The molecule has 1 aromatic carbocycles. The van der Waals surface area contributed by atoms with Gasteiger partial charge >= 0.3 is 5.97 Å². The average molecular weight is 371 g/mol. The van der Waals surface area contributed by atoms with Crippen LogP contribution in [0.1, 0.15) is 17.9 Å². The number of thioether (sulfide) groups is 1. The van der Waals surface area contributed by atoms with Gasteiger partial charge < -0.3 is 10.1 Å². The molecule has 1 heterocycles. The molecule has 5 nitrogen and oxygen atoms in total. The number of carbonyl (C=O) groups excluding carboxylic acids is 2. The highest BCUT2D eigenvalue weighted by molar-refractivity contribution is 8.03. The molecule has 0 fully saturated rings. The van der Waals surface area contributed by atoms with Crippen molar-refractivity contribution >= 4 is 46.8 Å². The largest absolute Gasteiger partial charge is 0.468 e. The SMILES string of the molecule is COC(=O)CSC1=C(C#N)[C@@H](c2cccc(Cl)c2Cl)CC(=O)N1. The van der Waals surface area contributed by atoms with E-state index in [4.69, 9.17) is 23.2 Å². The Morgan fingerprint density at radius 1 is 1.52 bits per heavy atom. The summed E-state index contributed by atoms with van der Waals surface area (Å²) in [6.45, 7) is 0. The van der Waals surface area contributed by atoms with Crippen molar-refractivity contribution in [3.8, 4) is 6.07 Å². The molecule has 1 amide bonds. The van der Waals surface area contributed by atoms with Gasteiger partial charge in [0.2, 0.25) is 5.91 Å². The molecular weight excluding hydrogens is 359 g/mol. The molecule has 1 aromatic rings. The second-order valence-corrected chi connectivity index (χ2v) is 6.44. The van der Waals surface area contributed by atoms with Crippen LogP contribution in [0.25, 0.3) is 0 Å². The number of nitriles is 1. The van der Waals surface area contributed by atoms with Gasteiger partial charge in [-0.25, -0.2) is 0 Å². The summed E-state index contributed by atoms with van der Waals surface area (Å²) in [5.74, 6) is -1.21. The minimum absolute atomic E-state index is 0.00666. The Balaban J connectivity index is 2.41. The first-order chi connectivity index (χ1) is 11.0. The van der Waals surface area contributed by atoms with Crippen molar-refractivity contribution in [3.63, 3.8) is 0 Å². The van der Waals surface area contributed by atoms with Crippen LogP contribution in [-0.2, 0) is 14.3 Å². The molecule has 23 heavy (non-hydrogen) atoms. The number of nitrogens with zero attached hydrogens (tertiary/aromatic N) is 1. The zero-order chi connectivity index (χ0) is 17.0. The van der Waals surface area contributed by atoms with E-state index in [2.05, 4.69) is 16.1 Å². The molecular formula is C15H12Cl2N2O3S. The van der Waals surface area contributed by atoms with Crippen molar-refractivity contribution in [2.75, 3.05) is 12.9 Å². The number of carbonyl (C=O) groups is 2. The molecule has 8 heteroatoms. The van der Waals surface area contributed by atoms with Gasteiger partial charge in [-0.2, -0.15) is 5.26 Å². The molecule has 0 bridgehead atoms. The summed E-state index contributed by atoms with van der Waals surface area (Å²) in [6, 6.07) is 7.19. The molecule has 0 aromatic heterocycles. The van der Waals surface area contributed by atoms with Gasteiger partial charge in [0.25, 0.3) is 0 Å². The lowest BCUT2D eigenvalue weighted by atomic mass is 9.87. The lowest BCUT2D eigenvalue weighted by Crippen LogP contribution is -2.31. The van der Waals surface area contributed by atoms with E-state index in [-0.39, 0.29) is 18.1 Å². The van der Waals surface area contributed by atoms with Crippen LogP contribution >= 0.6 is 35.0 Å². The van der Waals surface area contributed by atoms with E-state index < -0.39 is 11.9 Å². The number of allylic oxidation sites excluding steroid dienone is 1. The van der Waals surface area contributed by atoms with E-state index in [1.807, 2.05) is 0 Å². The van der Waals surface area contributed by atoms with Gasteiger partial charge in [-0.15, -0.1) is 0 Å². The van der Waals surface area contributed by atoms with Crippen LogP contribution in [0.2, 0.25) is 10.0 Å². The molecule has 1 aliphatic heterocycles. The number of esters is 1. The third-order valence-corrected chi connectivity index (χ3v) is 5.10. The van der Waals surface area contributed by atoms with Crippen LogP contribution < -0.4 is 5.32 Å². The maximum absolute atomic E-state index is 12.0. The Hall–Kier alpha value is -1.68. The smallest absolute Gasteiger partial charge is 0.316 e. The minimum atomic E-state index is -0.500. The number of hydrogen-bond donors (Lipinski definition) is 1. The van der Waals surface area contributed by atoms with Crippen molar-refractivity contribution in [1.29, 1.82) is 5.26 Å². The maximum Gasteiger partial charge on any atom is 0.316 e. The number of rotatable bonds is 4. The van der Waals surface area contributed by atoms with Crippen LogP contribution in [0.5, 0.6) is 0 Å². The third kappa shape index (κ3) is 3.99. The van der Waals surface area contributed by atoms with Gasteiger partial charge in [-0.05, 0) is 11.6 Å². The van der Waals surface area contributed by atoms with Crippen molar-refractivity contribution in [2.24, 2.45) is 0 Å². The second-order valence-electron chi connectivity index (χ2n) is 4.67. The second kappa shape index (κ2) is 7.73. The van der Waals surface area contributed by atoms with Crippen LogP contribution in [-0.4, -0.2) is 24.7 Å². The fourth-order valence-electron chi connectivity index (χ4n) is 2.18. The van der Waals surface area contributed by atoms with Gasteiger partial charge in [0.15, 0.2) is 0 Å². The first kappa shape index (κ1) is 17.7. The zero-order valence-electron chi connectivity index (χ0n) is 12.1. The quantitative estimate of drug-likeness (QED) is 0.822. The fourth-order valence-corrected chi connectivity index (χ4v) is 3.53. The van der Waals surface area contributed by atoms with E-state index in [1.54, 1.807) is 18.2 Å². The van der Waals surface area contributed by atoms with Crippen molar-refractivity contribution < 1.29 is 14.3 Å². The highest BCUT2D eigenvalue weighted by atomic mass is 35.5. The number of hydrogen-bond acceptors (Lipinski definition) is 5. The average Bonchev–Trinajstić information content (AvgIpc) is 2.54. The van der Waals surface area contributed by atoms with Crippen LogP contribution in [0, 0.1) is 11.3 Å².